The van der Waals surface area contributed by atoms with Gasteiger partial charge in [-0.25, -0.2) is 15.0 Å². The van der Waals surface area contributed by atoms with Crippen LogP contribution in [0.2, 0.25) is 0 Å². The molecule has 0 aromatic carbocycles. The van der Waals surface area contributed by atoms with Gasteiger partial charge in [0.25, 0.3) is 0 Å². The smallest absolute Gasteiger partial charge is 0.213 e. The first-order valence-electron chi connectivity index (χ1n) is 8.38. The molecule has 0 N–H and O–H groups in total. The average molecular weight is 327 g/mol. The Morgan fingerprint density at radius 1 is 1.21 bits per heavy atom. The van der Waals surface area contributed by atoms with Crippen LogP contribution in [0.15, 0.2) is 30.7 Å². The highest BCUT2D eigenvalue weighted by molar-refractivity contribution is 5.39. The Bertz CT molecular complexity index is 670. The summed E-state index contributed by atoms with van der Waals surface area (Å²) in [6.07, 6.45) is 5.74. The number of nitrogens with zero attached hydrogens (tertiary/aromatic N) is 5. The lowest BCUT2D eigenvalue weighted by atomic mass is 10.0. The van der Waals surface area contributed by atoms with Crippen LogP contribution in [0.1, 0.15) is 24.1 Å². The van der Waals surface area contributed by atoms with Crippen molar-refractivity contribution in [2.24, 2.45) is 0 Å². The summed E-state index contributed by atoms with van der Waals surface area (Å²) in [6, 6.07) is 6.66. The molecular weight excluding hydrogens is 302 g/mol. The third-order valence-electron chi connectivity index (χ3n) is 4.67. The monoisotopic (exact) mass is 327 g/mol. The number of hydrogen-bond donors (Lipinski definition) is 0. The Morgan fingerprint density at radius 2 is 2.00 bits per heavy atom. The van der Waals surface area contributed by atoms with E-state index in [1.807, 2.05) is 19.2 Å². The molecule has 1 aliphatic heterocycles. The van der Waals surface area contributed by atoms with Gasteiger partial charge in [0, 0.05) is 56.7 Å². The number of likely N-dealkylation sites (tertiary alicyclic amines) is 1. The van der Waals surface area contributed by atoms with Gasteiger partial charge < -0.3 is 9.64 Å². The summed E-state index contributed by atoms with van der Waals surface area (Å²) >= 11 is 0. The predicted octanol–water partition coefficient (Wildman–Crippen LogP) is 2.29. The quantitative estimate of drug-likeness (QED) is 0.840. The third-order valence-corrected chi connectivity index (χ3v) is 4.67. The molecule has 128 valence electrons. The molecule has 0 amide bonds. The fraction of sp³-hybridized carbons (Fsp3) is 0.500. The van der Waals surface area contributed by atoms with Crippen LogP contribution >= 0.6 is 0 Å². The Kier molecular flexibility index (Phi) is 5.25. The van der Waals surface area contributed by atoms with E-state index in [0.29, 0.717) is 11.9 Å². The summed E-state index contributed by atoms with van der Waals surface area (Å²) in [5.74, 6) is 1.70. The molecular formula is C18H25N5O. The molecule has 6 heteroatoms. The molecule has 2 aromatic heterocycles. The predicted molar refractivity (Wildman–Crippen MR) is 94.3 cm³/mol. The minimum atomic E-state index is 0.530. The fourth-order valence-electron chi connectivity index (χ4n) is 3.20. The van der Waals surface area contributed by atoms with E-state index in [4.69, 9.17) is 4.74 Å². The van der Waals surface area contributed by atoms with Gasteiger partial charge in [0.15, 0.2) is 0 Å². The average Bonchev–Trinajstić information content (AvgIpc) is 2.62. The van der Waals surface area contributed by atoms with Crippen LogP contribution in [0.25, 0.3) is 0 Å². The zero-order valence-corrected chi connectivity index (χ0v) is 14.6. The largest absolute Gasteiger partial charge is 0.481 e. The zero-order valence-electron chi connectivity index (χ0n) is 14.6. The second-order valence-corrected chi connectivity index (χ2v) is 6.34. The van der Waals surface area contributed by atoms with Gasteiger partial charge in [-0.2, -0.15) is 0 Å². The lowest BCUT2D eigenvalue weighted by molar-refractivity contribution is 0.203. The van der Waals surface area contributed by atoms with Gasteiger partial charge in [0.1, 0.15) is 12.1 Å². The molecule has 24 heavy (non-hydrogen) atoms. The normalized spacial score (nSPS) is 16.1. The van der Waals surface area contributed by atoms with Gasteiger partial charge in [-0.1, -0.05) is 0 Å². The summed E-state index contributed by atoms with van der Waals surface area (Å²) in [4.78, 5) is 17.5. The number of methoxy groups -OCH3 is 1. The Labute approximate surface area is 143 Å². The molecule has 0 unspecified atom stereocenters. The molecule has 3 rings (SSSR count). The lowest BCUT2D eigenvalue weighted by Gasteiger charge is -2.37. The molecule has 3 heterocycles. The van der Waals surface area contributed by atoms with Crippen molar-refractivity contribution in [3.63, 3.8) is 0 Å². The van der Waals surface area contributed by atoms with Crippen LogP contribution in [0.4, 0.5) is 5.82 Å². The maximum atomic E-state index is 5.20. The van der Waals surface area contributed by atoms with Crippen molar-refractivity contribution in [1.82, 2.24) is 19.9 Å². The highest BCUT2D eigenvalue weighted by Crippen LogP contribution is 2.22. The molecule has 0 aliphatic carbocycles. The maximum Gasteiger partial charge on any atom is 0.213 e. The number of anilines is 1. The van der Waals surface area contributed by atoms with Crippen molar-refractivity contribution >= 4 is 5.82 Å². The van der Waals surface area contributed by atoms with Gasteiger partial charge in [-0.05, 0) is 31.4 Å². The van der Waals surface area contributed by atoms with Crippen LogP contribution in [-0.2, 0) is 6.54 Å². The molecule has 0 bridgehead atoms. The van der Waals surface area contributed by atoms with E-state index < -0.39 is 0 Å². The Morgan fingerprint density at radius 3 is 2.71 bits per heavy atom. The van der Waals surface area contributed by atoms with E-state index in [0.717, 1.165) is 44.0 Å². The van der Waals surface area contributed by atoms with E-state index in [2.05, 4.69) is 43.9 Å². The summed E-state index contributed by atoms with van der Waals surface area (Å²) < 4.78 is 5.20. The number of aromatic nitrogens is 3. The number of rotatable bonds is 5. The first-order chi connectivity index (χ1) is 11.7. The highest BCUT2D eigenvalue weighted by atomic mass is 16.5. The van der Waals surface area contributed by atoms with Gasteiger partial charge in [-0.15, -0.1) is 0 Å². The summed E-state index contributed by atoms with van der Waals surface area (Å²) in [5, 5.41) is 0. The van der Waals surface area contributed by atoms with Crippen LogP contribution in [0, 0.1) is 6.92 Å². The maximum absolute atomic E-state index is 5.20. The summed E-state index contributed by atoms with van der Waals surface area (Å²) in [5.41, 5.74) is 2.26. The summed E-state index contributed by atoms with van der Waals surface area (Å²) in [6.45, 7) is 5.12. The highest BCUT2D eigenvalue weighted by Gasteiger charge is 2.23. The second-order valence-electron chi connectivity index (χ2n) is 6.34. The molecule has 0 spiro atoms. The molecule has 0 atom stereocenters. The minimum absolute atomic E-state index is 0.530. The Balaban J connectivity index is 1.55. The molecule has 1 aliphatic rings. The van der Waals surface area contributed by atoms with E-state index in [9.17, 15) is 0 Å². The van der Waals surface area contributed by atoms with Crippen molar-refractivity contribution < 1.29 is 4.74 Å². The first kappa shape index (κ1) is 16.6. The SMILES string of the molecule is COc1cc(CN2CCC(N(C)c3cc(C)ncn3)CC2)ccn1. The van der Waals surface area contributed by atoms with Crippen molar-refractivity contribution in [3.05, 3.63) is 42.0 Å². The first-order valence-corrected chi connectivity index (χ1v) is 8.38. The van der Waals surface area contributed by atoms with Gasteiger partial charge >= 0.3 is 0 Å². The van der Waals surface area contributed by atoms with Gasteiger partial charge in [0.05, 0.1) is 7.11 Å². The number of piperidine rings is 1. The van der Waals surface area contributed by atoms with Crippen molar-refractivity contribution in [1.29, 1.82) is 0 Å². The number of ether oxygens (including phenoxy) is 1. The number of pyridine rings is 1. The molecule has 0 saturated carbocycles. The molecule has 6 nitrogen and oxygen atoms in total. The van der Waals surface area contributed by atoms with Gasteiger partial charge in [-0.3, -0.25) is 4.90 Å². The van der Waals surface area contributed by atoms with Crippen LogP contribution in [0.5, 0.6) is 5.88 Å². The van der Waals surface area contributed by atoms with E-state index >= 15 is 0 Å². The second kappa shape index (κ2) is 7.57. The van der Waals surface area contributed by atoms with Gasteiger partial charge in [0.2, 0.25) is 5.88 Å². The van der Waals surface area contributed by atoms with Crippen molar-refractivity contribution in [2.45, 2.75) is 32.4 Å². The summed E-state index contributed by atoms with van der Waals surface area (Å²) in [7, 11) is 3.79. The van der Waals surface area contributed by atoms with Crippen LogP contribution in [0.3, 0.4) is 0 Å². The lowest BCUT2D eigenvalue weighted by Crippen LogP contribution is -2.43. The fourth-order valence-corrected chi connectivity index (χ4v) is 3.20. The van der Waals surface area contributed by atoms with Crippen molar-refractivity contribution in [2.75, 3.05) is 32.1 Å². The molecule has 0 radical (unpaired) electrons. The van der Waals surface area contributed by atoms with E-state index in [1.165, 1.54) is 5.56 Å². The minimum Gasteiger partial charge on any atom is -0.481 e. The Hall–Kier alpha value is -2.21. The topological polar surface area (TPSA) is 54.4 Å². The molecule has 2 aromatic rings. The third kappa shape index (κ3) is 4.00. The van der Waals surface area contributed by atoms with E-state index in [1.54, 1.807) is 13.4 Å². The van der Waals surface area contributed by atoms with Crippen molar-refractivity contribution in [3.8, 4) is 5.88 Å². The number of aryl methyl sites for hydroxylation is 1. The zero-order chi connectivity index (χ0) is 16.9. The van der Waals surface area contributed by atoms with Crippen LogP contribution in [-0.4, -0.2) is 53.1 Å². The molecule has 1 fully saturated rings. The standard InChI is InChI=1S/C18H25N5O/c1-14-10-17(21-13-20-14)22(2)16-5-8-23(9-6-16)12-15-4-7-19-18(11-15)24-3/h4,7,10-11,13,16H,5-6,8-9,12H2,1-3H3. The van der Waals surface area contributed by atoms with Crippen LogP contribution < -0.4 is 9.64 Å². The number of hydrogen-bond acceptors (Lipinski definition) is 6. The molecule has 1 saturated heterocycles. The van der Waals surface area contributed by atoms with E-state index in [-0.39, 0.29) is 0 Å².